The zero-order valence-electron chi connectivity index (χ0n) is 11.5. The van der Waals surface area contributed by atoms with Crippen LogP contribution in [-0.2, 0) is 6.54 Å². The van der Waals surface area contributed by atoms with Gasteiger partial charge in [0.15, 0.2) is 0 Å². The molecule has 2 heterocycles. The first-order chi connectivity index (χ1) is 10.1. The summed E-state index contributed by atoms with van der Waals surface area (Å²) in [7, 11) is 0. The summed E-state index contributed by atoms with van der Waals surface area (Å²) in [5.74, 6) is -0.148. The molecule has 2 N–H and O–H groups in total. The summed E-state index contributed by atoms with van der Waals surface area (Å²) in [6.45, 7) is 2.31. The highest BCUT2D eigenvalue weighted by atomic mass is 35.5. The fourth-order valence-electron chi connectivity index (χ4n) is 2.29. The molecule has 0 aliphatic heterocycles. The summed E-state index contributed by atoms with van der Waals surface area (Å²) in [4.78, 5) is 19.6. The van der Waals surface area contributed by atoms with Crippen LogP contribution in [0.4, 0.5) is 0 Å². The standard InChI is InChI=1S/C16H14ClN3O/c1-10-13-8-11(17)5-6-14(13)20-15(10)16(21)19-9-12-4-2-3-7-18-12/h2-8,20H,9H2,1H3,(H,19,21). The minimum absolute atomic E-state index is 0.148. The molecule has 0 aliphatic rings. The summed E-state index contributed by atoms with van der Waals surface area (Å²) >= 11 is 6.00. The number of nitrogens with one attached hydrogen (secondary N) is 2. The fourth-order valence-corrected chi connectivity index (χ4v) is 2.46. The molecule has 1 amide bonds. The Morgan fingerprint density at radius 3 is 2.95 bits per heavy atom. The number of hydrogen-bond acceptors (Lipinski definition) is 2. The number of aromatic amines is 1. The monoisotopic (exact) mass is 299 g/mol. The van der Waals surface area contributed by atoms with Gasteiger partial charge in [0.1, 0.15) is 5.69 Å². The number of H-pyrrole nitrogens is 1. The first-order valence-electron chi connectivity index (χ1n) is 6.61. The lowest BCUT2D eigenvalue weighted by atomic mass is 10.1. The molecule has 4 nitrogen and oxygen atoms in total. The van der Waals surface area contributed by atoms with Gasteiger partial charge in [0.05, 0.1) is 12.2 Å². The van der Waals surface area contributed by atoms with Crippen molar-refractivity contribution < 1.29 is 4.79 Å². The van der Waals surface area contributed by atoms with E-state index in [1.165, 1.54) is 0 Å². The number of benzene rings is 1. The summed E-state index contributed by atoms with van der Waals surface area (Å²) in [5, 5.41) is 4.49. The molecule has 0 radical (unpaired) electrons. The molecule has 3 rings (SSSR count). The van der Waals surface area contributed by atoms with Crippen molar-refractivity contribution in [2.24, 2.45) is 0 Å². The van der Waals surface area contributed by atoms with Crippen molar-refractivity contribution in [3.63, 3.8) is 0 Å². The van der Waals surface area contributed by atoms with Crippen LogP contribution < -0.4 is 5.32 Å². The van der Waals surface area contributed by atoms with Crippen LogP contribution in [0.2, 0.25) is 5.02 Å². The highest BCUT2D eigenvalue weighted by molar-refractivity contribution is 6.31. The molecule has 0 aliphatic carbocycles. The third-order valence-corrected chi connectivity index (χ3v) is 3.64. The minimum Gasteiger partial charge on any atom is -0.350 e. The first kappa shape index (κ1) is 13.6. The normalized spacial score (nSPS) is 10.8. The van der Waals surface area contributed by atoms with Gasteiger partial charge in [-0.05, 0) is 42.8 Å². The Balaban J connectivity index is 1.83. The van der Waals surface area contributed by atoms with Gasteiger partial charge in [-0.2, -0.15) is 0 Å². The predicted molar refractivity (Wildman–Crippen MR) is 83.5 cm³/mol. The second kappa shape index (κ2) is 5.58. The Hall–Kier alpha value is -2.33. The van der Waals surface area contributed by atoms with Crippen LogP contribution in [0.15, 0.2) is 42.6 Å². The van der Waals surface area contributed by atoms with Gasteiger partial charge in [0, 0.05) is 22.1 Å². The van der Waals surface area contributed by atoms with Crippen LogP contribution in [0.25, 0.3) is 10.9 Å². The zero-order chi connectivity index (χ0) is 14.8. The van der Waals surface area contributed by atoms with Crippen molar-refractivity contribution in [3.05, 3.63) is 64.6 Å². The molecule has 0 fully saturated rings. The summed E-state index contributed by atoms with van der Waals surface area (Å²) in [6.07, 6.45) is 1.71. The molecule has 3 aromatic rings. The third-order valence-electron chi connectivity index (χ3n) is 3.40. The number of aryl methyl sites for hydroxylation is 1. The molecule has 0 atom stereocenters. The van der Waals surface area contributed by atoms with E-state index in [9.17, 15) is 4.79 Å². The second-order valence-electron chi connectivity index (χ2n) is 4.82. The van der Waals surface area contributed by atoms with Gasteiger partial charge in [-0.1, -0.05) is 17.7 Å². The SMILES string of the molecule is Cc1c(C(=O)NCc2ccccn2)[nH]c2ccc(Cl)cc12. The van der Waals surface area contributed by atoms with Crippen LogP contribution in [-0.4, -0.2) is 15.9 Å². The molecule has 106 valence electrons. The molecular weight excluding hydrogens is 286 g/mol. The molecular formula is C16H14ClN3O. The zero-order valence-corrected chi connectivity index (χ0v) is 12.2. The van der Waals surface area contributed by atoms with Gasteiger partial charge < -0.3 is 10.3 Å². The van der Waals surface area contributed by atoms with E-state index in [1.807, 2.05) is 37.3 Å². The summed E-state index contributed by atoms with van der Waals surface area (Å²) in [5.41, 5.74) is 3.18. The predicted octanol–water partition coefficient (Wildman–Crippen LogP) is 3.45. The number of aromatic nitrogens is 2. The highest BCUT2D eigenvalue weighted by Crippen LogP contribution is 2.24. The summed E-state index contributed by atoms with van der Waals surface area (Å²) in [6, 6.07) is 11.1. The van der Waals surface area contributed by atoms with E-state index in [0.29, 0.717) is 17.3 Å². The van der Waals surface area contributed by atoms with Gasteiger partial charge in [-0.15, -0.1) is 0 Å². The van der Waals surface area contributed by atoms with E-state index in [4.69, 9.17) is 11.6 Å². The average molecular weight is 300 g/mol. The van der Waals surface area contributed by atoms with Crippen molar-refractivity contribution in [2.45, 2.75) is 13.5 Å². The number of nitrogens with zero attached hydrogens (tertiary/aromatic N) is 1. The molecule has 0 spiro atoms. The van der Waals surface area contributed by atoms with E-state index < -0.39 is 0 Å². The van der Waals surface area contributed by atoms with Crippen LogP contribution in [0, 0.1) is 6.92 Å². The number of hydrogen-bond donors (Lipinski definition) is 2. The molecule has 0 bridgehead atoms. The molecule has 0 saturated heterocycles. The van der Waals surface area contributed by atoms with Crippen molar-refractivity contribution in [1.82, 2.24) is 15.3 Å². The van der Waals surface area contributed by atoms with Gasteiger partial charge in [-0.3, -0.25) is 9.78 Å². The molecule has 5 heteroatoms. The van der Waals surface area contributed by atoms with E-state index in [2.05, 4.69) is 15.3 Å². The minimum atomic E-state index is -0.148. The van der Waals surface area contributed by atoms with Gasteiger partial charge >= 0.3 is 0 Å². The Kier molecular flexibility index (Phi) is 3.62. The number of pyridine rings is 1. The Morgan fingerprint density at radius 1 is 1.33 bits per heavy atom. The molecule has 21 heavy (non-hydrogen) atoms. The van der Waals surface area contributed by atoms with E-state index >= 15 is 0 Å². The van der Waals surface area contributed by atoms with E-state index in [-0.39, 0.29) is 5.91 Å². The van der Waals surface area contributed by atoms with E-state index in [1.54, 1.807) is 12.3 Å². The lowest BCUT2D eigenvalue weighted by molar-refractivity contribution is 0.0945. The maximum atomic E-state index is 12.3. The van der Waals surface area contributed by atoms with Crippen LogP contribution in [0.1, 0.15) is 21.7 Å². The number of carbonyl (C=O) groups excluding carboxylic acids is 1. The van der Waals surface area contributed by atoms with Crippen molar-refractivity contribution in [2.75, 3.05) is 0 Å². The molecule has 1 aromatic carbocycles. The Morgan fingerprint density at radius 2 is 2.19 bits per heavy atom. The number of amides is 1. The van der Waals surface area contributed by atoms with Crippen LogP contribution in [0.5, 0.6) is 0 Å². The average Bonchev–Trinajstić information content (AvgIpc) is 2.83. The second-order valence-corrected chi connectivity index (χ2v) is 5.26. The van der Waals surface area contributed by atoms with Gasteiger partial charge in [0.2, 0.25) is 0 Å². The lowest BCUT2D eigenvalue weighted by Gasteiger charge is -2.04. The van der Waals surface area contributed by atoms with Gasteiger partial charge in [-0.25, -0.2) is 0 Å². The van der Waals surface area contributed by atoms with Crippen molar-refractivity contribution in [3.8, 4) is 0 Å². The Bertz CT molecular complexity index is 796. The quantitative estimate of drug-likeness (QED) is 0.778. The highest BCUT2D eigenvalue weighted by Gasteiger charge is 2.14. The number of rotatable bonds is 3. The number of carbonyl (C=O) groups is 1. The molecule has 0 unspecified atom stereocenters. The number of halogens is 1. The van der Waals surface area contributed by atoms with Crippen molar-refractivity contribution in [1.29, 1.82) is 0 Å². The van der Waals surface area contributed by atoms with Crippen LogP contribution >= 0.6 is 11.6 Å². The topological polar surface area (TPSA) is 57.8 Å². The maximum Gasteiger partial charge on any atom is 0.268 e. The van der Waals surface area contributed by atoms with Crippen molar-refractivity contribution >= 4 is 28.4 Å². The smallest absolute Gasteiger partial charge is 0.268 e. The van der Waals surface area contributed by atoms with Crippen LogP contribution in [0.3, 0.4) is 0 Å². The van der Waals surface area contributed by atoms with E-state index in [0.717, 1.165) is 22.2 Å². The largest absolute Gasteiger partial charge is 0.350 e. The lowest BCUT2D eigenvalue weighted by Crippen LogP contribution is -2.24. The van der Waals surface area contributed by atoms with Gasteiger partial charge in [0.25, 0.3) is 5.91 Å². The fraction of sp³-hybridized carbons (Fsp3) is 0.125. The third kappa shape index (κ3) is 2.76. The number of fused-ring (bicyclic) bond motifs is 1. The maximum absolute atomic E-state index is 12.3. The first-order valence-corrected chi connectivity index (χ1v) is 6.99. The molecule has 2 aromatic heterocycles. The summed E-state index contributed by atoms with van der Waals surface area (Å²) < 4.78 is 0. The Labute approximate surface area is 127 Å². The molecule has 0 saturated carbocycles.